The van der Waals surface area contributed by atoms with Crippen LogP contribution >= 0.6 is 0 Å². The van der Waals surface area contributed by atoms with Crippen molar-refractivity contribution in [3.63, 3.8) is 0 Å². The lowest BCUT2D eigenvalue weighted by Crippen LogP contribution is -2.27. The zero-order chi connectivity index (χ0) is 17.0. The van der Waals surface area contributed by atoms with Crippen molar-refractivity contribution in [1.29, 1.82) is 0 Å². The average Bonchev–Trinajstić information content (AvgIpc) is 2.64. The van der Waals surface area contributed by atoms with E-state index in [9.17, 15) is 0 Å². The highest BCUT2D eigenvalue weighted by Crippen LogP contribution is 2.41. The highest BCUT2D eigenvalue weighted by atomic mass is 16.5. The minimum atomic E-state index is 0.790. The maximum Gasteiger partial charge on any atom is 0.0901 e. The molecule has 2 aliphatic rings. The van der Waals surface area contributed by atoms with Crippen LogP contribution in [0.2, 0.25) is 0 Å². The minimum Gasteiger partial charge on any atom is -0.501 e. The average molecular weight is 335 g/mol. The number of hydrogen-bond donors (Lipinski definition) is 0. The van der Waals surface area contributed by atoms with Crippen molar-refractivity contribution in [1.82, 2.24) is 0 Å². The van der Waals surface area contributed by atoms with Crippen molar-refractivity contribution in [3.05, 3.63) is 24.7 Å². The predicted molar refractivity (Wildman–Crippen MR) is 102 cm³/mol. The van der Waals surface area contributed by atoms with E-state index in [4.69, 9.17) is 9.47 Å². The van der Waals surface area contributed by atoms with Gasteiger partial charge in [-0.15, -0.1) is 0 Å². The Labute approximate surface area is 149 Å². The SMILES string of the molecule is CCC=COC[C@H]1CC[C@H]([C@H]2CC[C@H](COC=CCC)CC2)CC1. The number of rotatable bonds is 9. The van der Waals surface area contributed by atoms with Crippen LogP contribution in [0.3, 0.4) is 0 Å². The van der Waals surface area contributed by atoms with E-state index in [-0.39, 0.29) is 0 Å². The highest BCUT2D eigenvalue weighted by Gasteiger charge is 2.31. The van der Waals surface area contributed by atoms with Crippen molar-refractivity contribution in [2.75, 3.05) is 13.2 Å². The van der Waals surface area contributed by atoms with Crippen molar-refractivity contribution >= 4 is 0 Å². The Bertz CT molecular complexity index is 322. The molecular weight excluding hydrogens is 296 g/mol. The third-order valence-corrected chi connectivity index (χ3v) is 5.97. The molecule has 0 heterocycles. The van der Waals surface area contributed by atoms with Crippen molar-refractivity contribution in [2.24, 2.45) is 23.7 Å². The van der Waals surface area contributed by atoms with E-state index < -0.39 is 0 Å². The zero-order valence-electron chi connectivity index (χ0n) is 15.9. The fraction of sp³-hybridized carbons (Fsp3) is 0.818. The summed E-state index contributed by atoms with van der Waals surface area (Å²) in [6.45, 7) is 6.15. The topological polar surface area (TPSA) is 18.5 Å². The van der Waals surface area contributed by atoms with Gasteiger partial charge in [0.15, 0.2) is 0 Å². The van der Waals surface area contributed by atoms with Gasteiger partial charge in [0.05, 0.1) is 25.7 Å². The Morgan fingerprint density at radius 3 is 1.33 bits per heavy atom. The second-order valence-corrected chi connectivity index (χ2v) is 7.79. The normalized spacial score (nSPS) is 31.6. The van der Waals surface area contributed by atoms with Gasteiger partial charge >= 0.3 is 0 Å². The van der Waals surface area contributed by atoms with Gasteiger partial charge in [0, 0.05) is 0 Å². The van der Waals surface area contributed by atoms with Gasteiger partial charge in [-0.2, -0.15) is 0 Å². The summed E-state index contributed by atoms with van der Waals surface area (Å²) in [7, 11) is 0. The minimum absolute atomic E-state index is 0.790. The Kier molecular flexibility index (Phi) is 9.38. The van der Waals surface area contributed by atoms with Crippen LogP contribution in [0.1, 0.15) is 78.1 Å². The summed E-state index contributed by atoms with van der Waals surface area (Å²) in [6.07, 6.45) is 21.3. The summed E-state index contributed by atoms with van der Waals surface area (Å²) in [4.78, 5) is 0. The summed E-state index contributed by atoms with van der Waals surface area (Å²) in [6, 6.07) is 0. The van der Waals surface area contributed by atoms with Gasteiger partial charge in [-0.05, 0) is 87.9 Å². The second-order valence-electron chi connectivity index (χ2n) is 7.79. The van der Waals surface area contributed by atoms with Crippen LogP contribution in [0.25, 0.3) is 0 Å². The fourth-order valence-corrected chi connectivity index (χ4v) is 4.36. The van der Waals surface area contributed by atoms with E-state index in [0.29, 0.717) is 0 Å². The molecule has 2 aliphatic carbocycles. The van der Waals surface area contributed by atoms with E-state index >= 15 is 0 Å². The molecule has 2 fully saturated rings. The first-order valence-corrected chi connectivity index (χ1v) is 10.4. The summed E-state index contributed by atoms with van der Waals surface area (Å²) < 4.78 is 11.3. The first kappa shape index (κ1) is 19.4. The Morgan fingerprint density at radius 1 is 0.625 bits per heavy atom. The molecule has 0 amide bonds. The van der Waals surface area contributed by atoms with Gasteiger partial charge < -0.3 is 9.47 Å². The molecule has 24 heavy (non-hydrogen) atoms. The molecule has 0 N–H and O–H groups in total. The molecule has 0 saturated heterocycles. The molecule has 0 atom stereocenters. The summed E-state index contributed by atoms with van der Waals surface area (Å²) >= 11 is 0. The van der Waals surface area contributed by atoms with Gasteiger partial charge in [0.1, 0.15) is 0 Å². The Morgan fingerprint density at radius 2 is 1.00 bits per heavy atom. The van der Waals surface area contributed by atoms with Gasteiger partial charge in [0.25, 0.3) is 0 Å². The first-order chi connectivity index (χ1) is 11.8. The molecule has 2 rings (SSSR count). The smallest absolute Gasteiger partial charge is 0.0901 e. The third kappa shape index (κ3) is 6.91. The molecule has 138 valence electrons. The summed E-state index contributed by atoms with van der Waals surface area (Å²) in [5.41, 5.74) is 0. The molecule has 0 radical (unpaired) electrons. The summed E-state index contributed by atoms with van der Waals surface area (Å²) in [5.74, 6) is 3.54. The fourth-order valence-electron chi connectivity index (χ4n) is 4.36. The quantitative estimate of drug-likeness (QED) is 0.449. The standard InChI is InChI=1S/C22H38O2/c1-3-5-15-23-17-19-7-11-21(12-8-19)22-13-9-20(10-14-22)18-24-16-6-4-2/h5-6,15-16,19-22H,3-4,7-14,17-18H2,1-2H3/t19-,20-,21-,22-. The van der Waals surface area contributed by atoms with Gasteiger partial charge in [0.2, 0.25) is 0 Å². The van der Waals surface area contributed by atoms with Crippen molar-refractivity contribution in [2.45, 2.75) is 78.1 Å². The van der Waals surface area contributed by atoms with E-state index in [0.717, 1.165) is 49.7 Å². The number of ether oxygens (including phenoxy) is 2. The lowest BCUT2D eigenvalue weighted by molar-refractivity contribution is 0.0928. The van der Waals surface area contributed by atoms with Gasteiger partial charge in [-0.1, -0.05) is 26.0 Å². The zero-order valence-corrected chi connectivity index (χ0v) is 15.9. The van der Waals surface area contributed by atoms with E-state index in [1.807, 2.05) is 12.5 Å². The Balaban J connectivity index is 1.58. The van der Waals surface area contributed by atoms with Crippen LogP contribution in [-0.2, 0) is 9.47 Å². The van der Waals surface area contributed by atoms with E-state index in [1.54, 1.807) is 0 Å². The maximum atomic E-state index is 5.66. The lowest BCUT2D eigenvalue weighted by Gasteiger charge is -2.37. The van der Waals surface area contributed by atoms with E-state index in [1.165, 1.54) is 51.4 Å². The van der Waals surface area contributed by atoms with Crippen LogP contribution in [-0.4, -0.2) is 13.2 Å². The molecule has 2 nitrogen and oxygen atoms in total. The molecule has 0 spiro atoms. The van der Waals surface area contributed by atoms with Crippen molar-refractivity contribution < 1.29 is 9.47 Å². The number of hydrogen-bond acceptors (Lipinski definition) is 2. The van der Waals surface area contributed by atoms with Crippen LogP contribution in [0, 0.1) is 23.7 Å². The van der Waals surface area contributed by atoms with Gasteiger partial charge in [-0.25, -0.2) is 0 Å². The second kappa shape index (κ2) is 11.6. The van der Waals surface area contributed by atoms with Crippen molar-refractivity contribution in [3.8, 4) is 0 Å². The molecule has 0 unspecified atom stereocenters. The number of allylic oxidation sites excluding steroid dienone is 2. The maximum absolute atomic E-state index is 5.66. The molecule has 0 aromatic heterocycles. The molecular formula is C22H38O2. The van der Waals surface area contributed by atoms with Crippen LogP contribution in [0.15, 0.2) is 24.7 Å². The molecule has 0 aromatic carbocycles. The Hall–Kier alpha value is -0.920. The highest BCUT2D eigenvalue weighted by molar-refractivity contribution is 4.83. The molecule has 0 bridgehead atoms. The lowest BCUT2D eigenvalue weighted by atomic mass is 9.69. The van der Waals surface area contributed by atoms with Crippen LogP contribution in [0.4, 0.5) is 0 Å². The molecule has 0 aliphatic heterocycles. The van der Waals surface area contributed by atoms with Gasteiger partial charge in [-0.3, -0.25) is 0 Å². The molecule has 2 saturated carbocycles. The van der Waals surface area contributed by atoms with Crippen LogP contribution in [0.5, 0.6) is 0 Å². The predicted octanol–water partition coefficient (Wildman–Crippen LogP) is 6.48. The van der Waals surface area contributed by atoms with E-state index in [2.05, 4.69) is 26.0 Å². The molecule has 0 aromatic rings. The summed E-state index contributed by atoms with van der Waals surface area (Å²) in [5, 5.41) is 0. The third-order valence-electron chi connectivity index (χ3n) is 5.97. The first-order valence-electron chi connectivity index (χ1n) is 10.4. The monoisotopic (exact) mass is 334 g/mol. The van der Waals surface area contributed by atoms with Crippen LogP contribution < -0.4 is 0 Å². The largest absolute Gasteiger partial charge is 0.501 e. The molecule has 2 heteroatoms.